The Morgan fingerprint density at radius 1 is 1.17 bits per heavy atom. The molecule has 0 radical (unpaired) electrons. The van der Waals surface area contributed by atoms with Crippen molar-refractivity contribution in [2.24, 2.45) is 11.8 Å². The highest BCUT2D eigenvalue weighted by molar-refractivity contribution is 6.08. The van der Waals surface area contributed by atoms with Gasteiger partial charge in [-0.3, -0.25) is 14.9 Å². The van der Waals surface area contributed by atoms with Crippen molar-refractivity contribution in [2.75, 3.05) is 0 Å². The Kier molecular flexibility index (Phi) is 3.32. The van der Waals surface area contributed by atoms with Gasteiger partial charge in [-0.05, 0) is 24.1 Å². The summed E-state index contributed by atoms with van der Waals surface area (Å²) in [6.07, 6.45) is 0.426. The van der Waals surface area contributed by atoms with Crippen molar-refractivity contribution in [1.82, 2.24) is 10.6 Å². The van der Waals surface area contributed by atoms with Crippen molar-refractivity contribution < 1.29 is 29.4 Å². The second-order valence-electron chi connectivity index (χ2n) is 5.85. The van der Waals surface area contributed by atoms with Crippen molar-refractivity contribution in [3.8, 4) is 0 Å². The average Bonchev–Trinajstić information content (AvgIpc) is 3.23. The van der Waals surface area contributed by atoms with Gasteiger partial charge >= 0.3 is 18.0 Å². The predicted octanol–water partition coefficient (Wildman–Crippen LogP) is 0.226. The quantitative estimate of drug-likeness (QED) is 0.574. The fourth-order valence-corrected chi connectivity index (χ4v) is 3.12. The molecule has 1 aromatic carbocycles. The molecule has 1 aliphatic carbocycles. The normalized spacial score (nSPS) is 28.9. The average molecular weight is 318 g/mol. The highest BCUT2D eigenvalue weighted by atomic mass is 16.4. The Labute approximate surface area is 130 Å². The molecule has 2 fully saturated rings. The van der Waals surface area contributed by atoms with E-state index in [-0.39, 0.29) is 12.0 Å². The van der Waals surface area contributed by atoms with Gasteiger partial charge in [0.25, 0.3) is 5.91 Å². The summed E-state index contributed by atoms with van der Waals surface area (Å²) < 4.78 is 0. The molecule has 2 aliphatic rings. The molecule has 1 saturated carbocycles. The van der Waals surface area contributed by atoms with E-state index in [4.69, 9.17) is 10.2 Å². The van der Waals surface area contributed by atoms with Gasteiger partial charge in [0.1, 0.15) is 5.54 Å². The zero-order valence-electron chi connectivity index (χ0n) is 11.9. The number of hydrogen-bond acceptors (Lipinski definition) is 4. The van der Waals surface area contributed by atoms with Gasteiger partial charge in [-0.15, -0.1) is 0 Å². The number of benzene rings is 1. The van der Waals surface area contributed by atoms with Crippen LogP contribution in [0.3, 0.4) is 0 Å². The number of carbonyl (C=O) groups is 4. The van der Waals surface area contributed by atoms with E-state index >= 15 is 0 Å². The topological polar surface area (TPSA) is 133 Å². The Balaban J connectivity index is 1.88. The van der Waals surface area contributed by atoms with Gasteiger partial charge in [0, 0.05) is 12.3 Å². The molecule has 8 nitrogen and oxygen atoms in total. The SMILES string of the molecule is O=C1NC(=O)C(Cc2ccc(C(=O)O)cc2)(C2CC2C(=O)O)N1. The number of carbonyl (C=O) groups excluding carboxylic acids is 2. The Hall–Kier alpha value is -2.90. The van der Waals surface area contributed by atoms with Crippen molar-refractivity contribution in [3.05, 3.63) is 35.4 Å². The van der Waals surface area contributed by atoms with Gasteiger partial charge in [0.15, 0.2) is 0 Å². The Morgan fingerprint density at radius 2 is 1.83 bits per heavy atom. The van der Waals surface area contributed by atoms with Crippen LogP contribution in [0.4, 0.5) is 4.79 Å². The molecule has 1 aliphatic heterocycles. The van der Waals surface area contributed by atoms with Crippen LogP contribution in [0.1, 0.15) is 22.3 Å². The largest absolute Gasteiger partial charge is 0.481 e. The van der Waals surface area contributed by atoms with E-state index in [9.17, 15) is 19.2 Å². The summed E-state index contributed by atoms with van der Waals surface area (Å²) in [4.78, 5) is 45.8. The molecule has 23 heavy (non-hydrogen) atoms. The lowest BCUT2D eigenvalue weighted by Crippen LogP contribution is -2.51. The molecular weight excluding hydrogens is 304 g/mol. The molecule has 3 rings (SSSR count). The smallest absolute Gasteiger partial charge is 0.335 e. The summed E-state index contributed by atoms with van der Waals surface area (Å²) in [5.74, 6) is -3.75. The van der Waals surface area contributed by atoms with Crippen LogP contribution in [-0.2, 0) is 16.0 Å². The van der Waals surface area contributed by atoms with Gasteiger partial charge in [-0.2, -0.15) is 0 Å². The molecule has 1 saturated heterocycles. The summed E-state index contributed by atoms with van der Waals surface area (Å²) in [5, 5.41) is 22.7. The zero-order chi connectivity index (χ0) is 16.8. The summed E-state index contributed by atoms with van der Waals surface area (Å²) in [5.41, 5.74) is -0.550. The molecule has 0 spiro atoms. The number of aromatic carboxylic acids is 1. The molecule has 0 aromatic heterocycles. The van der Waals surface area contributed by atoms with E-state index < -0.39 is 41.3 Å². The first kappa shape index (κ1) is 15.0. The van der Waals surface area contributed by atoms with Crippen molar-refractivity contribution >= 4 is 23.9 Å². The second-order valence-corrected chi connectivity index (χ2v) is 5.85. The molecule has 3 amide bonds. The molecule has 4 N–H and O–H groups in total. The molecule has 8 heteroatoms. The van der Waals surface area contributed by atoms with Crippen LogP contribution in [0.5, 0.6) is 0 Å². The summed E-state index contributed by atoms with van der Waals surface area (Å²) >= 11 is 0. The monoisotopic (exact) mass is 318 g/mol. The van der Waals surface area contributed by atoms with E-state index in [0.717, 1.165) is 0 Å². The summed E-state index contributed by atoms with van der Waals surface area (Å²) in [6.45, 7) is 0. The van der Waals surface area contributed by atoms with Crippen LogP contribution >= 0.6 is 0 Å². The van der Waals surface area contributed by atoms with Gasteiger partial charge < -0.3 is 15.5 Å². The van der Waals surface area contributed by atoms with Gasteiger partial charge in [0.05, 0.1) is 11.5 Å². The third-order valence-electron chi connectivity index (χ3n) is 4.39. The van der Waals surface area contributed by atoms with E-state index in [2.05, 4.69) is 10.6 Å². The first-order chi connectivity index (χ1) is 10.8. The first-order valence-electron chi connectivity index (χ1n) is 7.02. The fraction of sp³-hybridized carbons (Fsp3) is 0.333. The summed E-state index contributed by atoms with van der Waals surface area (Å²) in [7, 11) is 0. The van der Waals surface area contributed by atoms with Crippen molar-refractivity contribution in [3.63, 3.8) is 0 Å². The maximum Gasteiger partial charge on any atom is 0.335 e. The second kappa shape index (κ2) is 5.08. The maximum absolute atomic E-state index is 12.3. The lowest BCUT2D eigenvalue weighted by atomic mass is 9.84. The van der Waals surface area contributed by atoms with Crippen LogP contribution in [0.15, 0.2) is 24.3 Å². The number of carboxylic acids is 2. The fourth-order valence-electron chi connectivity index (χ4n) is 3.12. The molecule has 1 aromatic rings. The number of nitrogens with one attached hydrogen (secondary N) is 2. The third kappa shape index (κ3) is 2.52. The Bertz CT molecular complexity index is 713. The van der Waals surface area contributed by atoms with E-state index in [1.807, 2.05) is 0 Å². The van der Waals surface area contributed by atoms with Gasteiger partial charge in [-0.25, -0.2) is 9.59 Å². The van der Waals surface area contributed by atoms with E-state index in [1.54, 1.807) is 12.1 Å². The van der Waals surface area contributed by atoms with Gasteiger partial charge in [-0.1, -0.05) is 12.1 Å². The number of hydrogen-bond donors (Lipinski definition) is 4. The number of urea groups is 1. The van der Waals surface area contributed by atoms with Crippen LogP contribution in [-0.4, -0.2) is 39.6 Å². The molecule has 120 valence electrons. The lowest BCUT2D eigenvalue weighted by molar-refractivity contribution is -0.139. The van der Waals surface area contributed by atoms with Crippen LogP contribution in [0.2, 0.25) is 0 Å². The maximum atomic E-state index is 12.3. The molecule has 0 bridgehead atoms. The third-order valence-corrected chi connectivity index (χ3v) is 4.39. The lowest BCUT2D eigenvalue weighted by Gasteiger charge is -2.26. The first-order valence-corrected chi connectivity index (χ1v) is 7.02. The minimum atomic E-state index is -1.30. The number of amides is 3. The minimum absolute atomic E-state index is 0.109. The van der Waals surface area contributed by atoms with Crippen LogP contribution < -0.4 is 10.6 Å². The Morgan fingerprint density at radius 3 is 2.26 bits per heavy atom. The van der Waals surface area contributed by atoms with Crippen molar-refractivity contribution in [1.29, 1.82) is 0 Å². The van der Waals surface area contributed by atoms with Gasteiger partial charge in [0.2, 0.25) is 0 Å². The number of carboxylic acid groups (broad SMARTS) is 2. The summed E-state index contributed by atoms with van der Waals surface area (Å²) in [6, 6.07) is 5.28. The van der Waals surface area contributed by atoms with Crippen LogP contribution in [0.25, 0.3) is 0 Å². The molecule has 1 heterocycles. The highest BCUT2D eigenvalue weighted by Crippen LogP contribution is 2.49. The van der Waals surface area contributed by atoms with E-state index in [0.29, 0.717) is 12.0 Å². The van der Waals surface area contributed by atoms with Crippen LogP contribution in [0, 0.1) is 11.8 Å². The minimum Gasteiger partial charge on any atom is -0.481 e. The molecule has 3 unspecified atom stereocenters. The van der Waals surface area contributed by atoms with Crippen molar-refractivity contribution in [2.45, 2.75) is 18.4 Å². The highest BCUT2D eigenvalue weighted by Gasteiger charge is 2.63. The number of imide groups is 1. The standard InChI is InChI=1S/C15H14N2O6/c18-11(19)8-3-1-7(2-4-8)6-15(10-5-9(10)12(20)21)13(22)16-14(23)17-15/h1-4,9-10H,5-6H2,(H,18,19)(H,20,21)(H2,16,17,22,23). The van der Waals surface area contributed by atoms with E-state index in [1.165, 1.54) is 12.1 Å². The number of aliphatic carboxylic acids is 1. The molecule has 3 atom stereocenters. The molecular formula is C15H14N2O6. The predicted molar refractivity (Wildman–Crippen MR) is 75.7 cm³/mol. The zero-order valence-corrected chi connectivity index (χ0v) is 11.9. The number of rotatable bonds is 5.